The molecule has 1 amide bonds. The molecule has 0 spiro atoms. The molecule has 0 aromatic heterocycles. The number of para-hydroxylation sites is 2. The summed E-state index contributed by atoms with van der Waals surface area (Å²) in [5, 5.41) is 2.78. The number of carbonyl (C=O) groups excluding carboxylic acids is 1. The minimum Gasteiger partial charge on any atom is -0.491 e. The Bertz CT molecular complexity index is 653. The fourth-order valence-corrected chi connectivity index (χ4v) is 2.07. The van der Waals surface area contributed by atoms with Crippen LogP contribution in [0.4, 0.5) is 5.69 Å². The van der Waals surface area contributed by atoms with Crippen LogP contribution in [0.1, 0.15) is 20.8 Å². The lowest BCUT2D eigenvalue weighted by Crippen LogP contribution is -2.20. The third-order valence-electron chi connectivity index (χ3n) is 3.02. The van der Waals surface area contributed by atoms with Crippen molar-refractivity contribution in [3.8, 4) is 17.2 Å². The molecule has 1 N–H and O–H groups in total. The van der Waals surface area contributed by atoms with Crippen LogP contribution in [0.15, 0.2) is 48.5 Å². The van der Waals surface area contributed by atoms with Gasteiger partial charge in [-0.25, -0.2) is 0 Å². The maximum absolute atomic E-state index is 12.0. The molecule has 0 bridgehead atoms. The summed E-state index contributed by atoms with van der Waals surface area (Å²) in [4.78, 5) is 12.0. The highest BCUT2D eigenvalue weighted by molar-refractivity contribution is 5.91. The molecule has 2 rings (SSSR count). The molecule has 0 atom stereocenters. The van der Waals surface area contributed by atoms with Gasteiger partial charge in [-0.2, -0.15) is 0 Å². The van der Waals surface area contributed by atoms with Gasteiger partial charge in [0.25, 0.3) is 5.91 Å². The van der Waals surface area contributed by atoms with E-state index in [0.717, 1.165) is 5.75 Å². The topological polar surface area (TPSA) is 56.8 Å². The van der Waals surface area contributed by atoms with Gasteiger partial charge in [0.1, 0.15) is 5.75 Å². The van der Waals surface area contributed by atoms with E-state index in [-0.39, 0.29) is 18.6 Å². The molecule has 2 aromatic carbocycles. The van der Waals surface area contributed by atoms with Gasteiger partial charge in [-0.15, -0.1) is 0 Å². The quantitative estimate of drug-likeness (QED) is 0.798. The minimum atomic E-state index is -0.237. The standard InChI is InChI=1S/C19H23NO4/c1-4-22-17-7-5-6-8-18(17)23-13-19(21)20-15-9-11-16(12-10-15)24-14(2)3/h5-12,14H,4,13H2,1-3H3,(H,20,21). The molecular weight excluding hydrogens is 306 g/mol. The van der Waals surface area contributed by atoms with E-state index >= 15 is 0 Å². The molecule has 0 aliphatic heterocycles. The smallest absolute Gasteiger partial charge is 0.262 e. The summed E-state index contributed by atoms with van der Waals surface area (Å²) in [7, 11) is 0. The summed E-state index contributed by atoms with van der Waals surface area (Å²) in [5.74, 6) is 1.71. The molecule has 5 heteroatoms. The molecule has 2 aromatic rings. The Morgan fingerprint density at radius 3 is 2.21 bits per heavy atom. The van der Waals surface area contributed by atoms with Crippen LogP contribution in [0.25, 0.3) is 0 Å². The van der Waals surface area contributed by atoms with Crippen LogP contribution in [0.2, 0.25) is 0 Å². The average Bonchev–Trinajstić information content (AvgIpc) is 2.56. The number of anilines is 1. The number of benzene rings is 2. The molecule has 0 unspecified atom stereocenters. The van der Waals surface area contributed by atoms with E-state index in [0.29, 0.717) is 23.8 Å². The lowest BCUT2D eigenvalue weighted by Gasteiger charge is -2.12. The molecule has 0 fully saturated rings. The first-order valence-corrected chi connectivity index (χ1v) is 7.99. The molecule has 0 aliphatic carbocycles. The second-order valence-electron chi connectivity index (χ2n) is 5.41. The van der Waals surface area contributed by atoms with Crippen LogP contribution in [0.3, 0.4) is 0 Å². The van der Waals surface area contributed by atoms with Crippen molar-refractivity contribution in [2.24, 2.45) is 0 Å². The zero-order valence-corrected chi connectivity index (χ0v) is 14.2. The van der Waals surface area contributed by atoms with E-state index in [1.165, 1.54) is 0 Å². The van der Waals surface area contributed by atoms with Gasteiger partial charge < -0.3 is 19.5 Å². The van der Waals surface area contributed by atoms with Gasteiger partial charge >= 0.3 is 0 Å². The zero-order valence-electron chi connectivity index (χ0n) is 14.2. The van der Waals surface area contributed by atoms with E-state index < -0.39 is 0 Å². The van der Waals surface area contributed by atoms with Crippen molar-refractivity contribution in [2.75, 3.05) is 18.5 Å². The fourth-order valence-electron chi connectivity index (χ4n) is 2.07. The Morgan fingerprint density at radius 1 is 1.00 bits per heavy atom. The van der Waals surface area contributed by atoms with Gasteiger partial charge in [0, 0.05) is 5.69 Å². The Labute approximate surface area is 142 Å². The first-order chi connectivity index (χ1) is 11.6. The van der Waals surface area contributed by atoms with Crippen LogP contribution < -0.4 is 19.5 Å². The maximum Gasteiger partial charge on any atom is 0.262 e. The molecule has 0 aliphatic rings. The third kappa shape index (κ3) is 5.50. The number of ether oxygens (including phenoxy) is 3. The summed E-state index contributed by atoms with van der Waals surface area (Å²) in [6.07, 6.45) is 0.115. The van der Waals surface area contributed by atoms with E-state index in [2.05, 4.69) is 5.32 Å². The highest BCUT2D eigenvalue weighted by atomic mass is 16.5. The van der Waals surface area contributed by atoms with Crippen LogP contribution in [-0.4, -0.2) is 25.2 Å². The highest BCUT2D eigenvalue weighted by Crippen LogP contribution is 2.26. The number of amides is 1. The van der Waals surface area contributed by atoms with E-state index in [1.54, 1.807) is 18.2 Å². The van der Waals surface area contributed by atoms with Crippen LogP contribution >= 0.6 is 0 Å². The van der Waals surface area contributed by atoms with Gasteiger partial charge in [0.05, 0.1) is 12.7 Å². The summed E-state index contributed by atoms with van der Waals surface area (Å²) in [6, 6.07) is 14.5. The molecule has 0 saturated carbocycles. The summed E-state index contributed by atoms with van der Waals surface area (Å²) in [6.45, 7) is 6.28. The van der Waals surface area contributed by atoms with Crippen molar-refractivity contribution >= 4 is 11.6 Å². The molecule has 5 nitrogen and oxygen atoms in total. The van der Waals surface area contributed by atoms with Gasteiger partial charge in [-0.1, -0.05) is 12.1 Å². The maximum atomic E-state index is 12.0. The number of hydrogen-bond acceptors (Lipinski definition) is 4. The van der Waals surface area contributed by atoms with Crippen molar-refractivity contribution in [1.29, 1.82) is 0 Å². The molecule has 0 heterocycles. The van der Waals surface area contributed by atoms with Crippen molar-refractivity contribution in [3.63, 3.8) is 0 Å². The largest absolute Gasteiger partial charge is 0.491 e. The summed E-state index contributed by atoms with van der Waals surface area (Å²) < 4.78 is 16.6. The van der Waals surface area contributed by atoms with E-state index in [9.17, 15) is 4.79 Å². The third-order valence-corrected chi connectivity index (χ3v) is 3.02. The molecule has 24 heavy (non-hydrogen) atoms. The predicted octanol–water partition coefficient (Wildman–Crippen LogP) is 3.89. The van der Waals surface area contributed by atoms with Gasteiger partial charge in [-0.05, 0) is 57.2 Å². The second kappa shape index (κ2) is 8.82. The number of carbonyl (C=O) groups is 1. The van der Waals surface area contributed by atoms with Gasteiger partial charge in [0.15, 0.2) is 18.1 Å². The number of nitrogens with one attached hydrogen (secondary N) is 1. The fraction of sp³-hybridized carbons (Fsp3) is 0.316. The van der Waals surface area contributed by atoms with Crippen molar-refractivity contribution in [3.05, 3.63) is 48.5 Å². The Kier molecular flexibility index (Phi) is 6.49. The monoisotopic (exact) mass is 329 g/mol. The second-order valence-corrected chi connectivity index (χ2v) is 5.41. The molecule has 128 valence electrons. The normalized spacial score (nSPS) is 10.3. The first kappa shape index (κ1) is 17.7. The van der Waals surface area contributed by atoms with Crippen LogP contribution in [0, 0.1) is 0 Å². The van der Waals surface area contributed by atoms with E-state index in [1.807, 2.05) is 51.1 Å². The first-order valence-electron chi connectivity index (χ1n) is 7.99. The average molecular weight is 329 g/mol. The Balaban J connectivity index is 1.87. The molecular formula is C19H23NO4. The number of hydrogen-bond donors (Lipinski definition) is 1. The molecule has 0 saturated heterocycles. The highest BCUT2D eigenvalue weighted by Gasteiger charge is 2.08. The SMILES string of the molecule is CCOc1ccccc1OCC(=O)Nc1ccc(OC(C)C)cc1. The van der Waals surface area contributed by atoms with Crippen LogP contribution in [0.5, 0.6) is 17.2 Å². The van der Waals surface area contributed by atoms with Crippen molar-refractivity contribution < 1.29 is 19.0 Å². The van der Waals surface area contributed by atoms with Crippen molar-refractivity contribution in [2.45, 2.75) is 26.9 Å². The van der Waals surface area contributed by atoms with E-state index in [4.69, 9.17) is 14.2 Å². The minimum absolute atomic E-state index is 0.0890. The zero-order chi connectivity index (χ0) is 17.4. The summed E-state index contributed by atoms with van der Waals surface area (Å²) >= 11 is 0. The lowest BCUT2D eigenvalue weighted by molar-refractivity contribution is -0.118. The van der Waals surface area contributed by atoms with Gasteiger partial charge in [-0.3, -0.25) is 4.79 Å². The Hall–Kier alpha value is -2.69. The number of rotatable bonds is 8. The van der Waals surface area contributed by atoms with Crippen molar-refractivity contribution in [1.82, 2.24) is 0 Å². The molecule has 0 radical (unpaired) electrons. The predicted molar refractivity (Wildman–Crippen MR) is 93.9 cm³/mol. The summed E-state index contributed by atoms with van der Waals surface area (Å²) in [5.41, 5.74) is 0.692. The lowest BCUT2D eigenvalue weighted by atomic mass is 10.3. The Morgan fingerprint density at radius 2 is 1.62 bits per heavy atom. The van der Waals surface area contributed by atoms with Gasteiger partial charge in [0.2, 0.25) is 0 Å². The van der Waals surface area contributed by atoms with Crippen LogP contribution in [-0.2, 0) is 4.79 Å².